The zero-order chi connectivity index (χ0) is 19.6. The number of ether oxygens (including phenoxy) is 1. The summed E-state index contributed by atoms with van der Waals surface area (Å²) in [6.07, 6.45) is 3.73. The van der Waals surface area contributed by atoms with Crippen LogP contribution >= 0.6 is 0 Å². The molecule has 1 aromatic carbocycles. The first-order chi connectivity index (χ1) is 13.0. The summed E-state index contributed by atoms with van der Waals surface area (Å²) in [4.78, 5) is 18.5. The van der Waals surface area contributed by atoms with Crippen molar-refractivity contribution in [2.24, 2.45) is 10.9 Å². The first-order valence-corrected chi connectivity index (χ1v) is 9.89. The molecule has 1 heterocycles. The van der Waals surface area contributed by atoms with Gasteiger partial charge in [0.25, 0.3) is 0 Å². The van der Waals surface area contributed by atoms with Gasteiger partial charge in [-0.1, -0.05) is 19.1 Å². The lowest BCUT2D eigenvalue weighted by Crippen LogP contribution is -2.42. The molecular formula is C21H34N4O2. The van der Waals surface area contributed by atoms with Gasteiger partial charge in [0, 0.05) is 39.6 Å². The molecule has 2 rings (SSSR count). The van der Waals surface area contributed by atoms with E-state index in [4.69, 9.17) is 4.74 Å². The largest absolute Gasteiger partial charge is 0.496 e. The number of methoxy groups -OCH3 is 1. The topological polar surface area (TPSA) is 66.0 Å². The highest BCUT2D eigenvalue weighted by Crippen LogP contribution is 2.19. The van der Waals surface area contributed by atoms with Crippen LogP contribution < -0.4 is 15.4 Å². The molecule has 27 heavy (non-hydrogen) atoms. The Kier molecular flexibility index (Phi) is 8.43. The van der Waals surface area contributed by atoms with E-state index in [-0.39, 0.29) is 5.91 Å². The van der Waals surface area contributed by atoms with E-state index >= 15 is 0 Å². The maximum atomic E-state index is 12.3. The number of aryl methyl sites for hydroxylation is 1. The molecule has 1 aromatic rings. The maximum absolute atomic E-state index is 12.3. The minimum absolute atomic E-state index is 0.233. The van der Waals surface area contributed by atoms with Gasteiger partial charge >= 0.3 is 0 Å². The number of nitrogens with zero attached hydrogens (tertiary/aromatic N) is 2. The molecule has 0 bridgehead atoms. The van der Waals surface area contributed by atoms with Crippen LogP contribution in [0.2, 0.25) is 0 Å². The lowest BCUT2D eigenvalue weighted by atomic mass is 10.00. The number of hydrogen-bond donors (Lipinski definition) is 2. The Hall–Kier alpha value is -2.24. The Balaban J connectivity index is 1.69. The van der Waals surface area contributed by atoms with Crippen LogP contribution in [-0.2, 0) is 11.2 Å². The van der Waals surface area contributed by atoms with Crippen LogP contribution in [0.1, 0.15) is 37.3 Å². The average Bonchev–Trinajstić information content (AvgIpc) is 2.67. The maximum Gasteiger partial charge on any atom is 0.224 e. The number of nitrogens with one attached hydrogen (secondary N) is 2. The van der Waals surface area contributed by atoms with E-state index < -0.39 is 0 Å². The molecule has 1 unspecified atom stereocenters. The number of benzene rings is 1. The van der Waals surface area contributed by atoms with E-state index in [1.54, 1.807) is 14.2 Å². The molecule has 1 saturated heterocycles. The molecule has 0 spiro atoms. The van der Waals surface area contributed by atoms with E-state index in [2.05, 4.69) is 40.7 Å². The quantitative estimate of drug-likeness (QED) is 0.568. The first kappa shape index (κ1) is 21.1. The van der Waals surface area contributed by atoms with Crippen molar-refractivity contribution < 1.29 is 9.53 Å². The summed E-state index contributed by atoms with van der Waals surface area (Å²) >= 11 is 0. The second kappa shape index (κ2) is 10.8. The van der Waals surface area contributed by atoms with Crippen LogP contribution in [0, 0.1) is 12.8 Å². The molecule has 150 valence electrons. The van der Waals surface area contributed by atoms with Crippen LogP contribution in [0.4, 0.5) is 0 Å². The van der Waals surface area contributed by atoms with Crippen LogP contribution in [0.15, 0.2) is 23.2 Å². The molecular weight excluding hydrogens is 340 g/mol. The second-order valence-electron chi connectivity index (χ2n) is 7.32. The monoisotopic (exact) mass is 374 g/mol. The number of likely N-dealkylation sites (tertiary alicyclic amines) is 1. The first-order valence-electron chi connectivity index (χ1n) is 9.89. The molecule has 1 aliphatic heterocycles. The number of rotatable bonds is 7. The average molecular weight is 375 g/mol. The summed E-state index contributed by atoms with van der Waals surface area (Å²) in [6.45, 7) is 7.42. The third-order valence-corrected chi connectivity index (χ3v) is 5.04. The molecule has 1 atom stereocenters. The van der Waals surface area contributed by atoms with Gasteiger partial charge < -0.3 is 20.3 Å². The highest BCUT2D eigenvalue weighted by molar-refractivity contribution is 5.81. The minimum atomic E-state index is 0.233. The molecule has 0 saturated carbocycles. The summed E-state index contributed by atoms with van der Waals surface area (Å²) in [5, 5.41) is 6.54. The zero-order valence-corrected chi connectivity index (χ0v) is 17.2. The van der Waals surface area contributed by atoms with Crippen LogP contribution in [0.3, 0.4) is 0 Å². The number of aliphatic imine (C=N–C) groups is 1. The van der Waals surface area contributed by atoms with Crippen LogP contribution in [0.5, 0.6) is 5.75 Å². The van der Waals surface area contributed by atoms with Crippen molar-refractivity contribution in [1.29, 1.82) is 0 Å². The summed E-state index contributed by atoms with van der Waals surface area (Å²) < 4.78 is 5.37. The molecule has 0 aliphatic carbocycles. The third kappa shape index (κ3) is 6.77. The SMILES string of the molecule is CN=C(NCCC(=O)N1CCCC(C)C1)NCCc1ccc(C)c(OC)c1. The van der Waals surface area contributed by atoms with Crippen LogP contribution in [0.25, 0.3) is 0 Å². The van der Waals surface area contributed by atoms with Crippen molar-refractivity contribution in [2.75, 3.05) is 40.3 Å². The number of piperidine rings is 1. The smallest absolute Gasteiger partial charge is 0.224 e. The van der Waals surface area contributed by atoms with Gasteiger partial charge in [-0.2, -0.15) is 0 Å². The van der Waals surface area contributed by atoms with E-state index in [1.807, 2.05) is 11.8 Å². The van der Waals surface area contributed by atoms with Crippen molar-refractivity contribution in [3.63, 3.8) is 0 Å². The Morgan fingerprint density at radius 2 is 2.11 bits per heavy atom. The molecule has 0 aromatic heterocycles. The van der Waals surface area contributed by atoms with Gasteiger partial charge in [0.05, 0.1) is 7.11 Å². The Morgan fingerprint density at radius 3 is 2.81 bits per heavy atom. The molecule has 2 N–H and O–H groups in total. The normalized spacial score (nSPS) is 17.6. The summed E-state index contributed by atoms with van der Waals surface area (Å²) in [6, 6.07) is 6.27. The number of carbonyl (C=O) groups excluding carboxylic acids is 1. The van der Waals surface area contributed by atoms with Crippen molar-refractivity contribution >= 4 is 11.9 Å². The zero-order valence-electron chi connectivity index (χ0n) is 17.2. The Labute approximate surface area is 163 Å². The third-order valence-electron chi connectivity index (χ3n) is 5.04. The van der Waals surface area contributed by atoms with Crippen LogP contribution in [-0.4, -0.2) is 57.1 Å². The predicted molar refractivity (Wildman–Crippen MR) is 110 cm³/mol. The fraction of sp³-hybridized carbons (Fsp3) is 0.619. The summed E-state index contributed by atoms with van der Waals surface area (Å²) in [7, 11) is 3.44. The predicted octanol–water partition coefficient (Wildman–Crippen LogP) is 2.36. The van der Waals surface area contributed by atoms with Gasteiger partial charge in [-0.25, -0.2) is 0 Å². The molecule has 6 heteroatoms. The van der Waals surface area contributed by atoms with E-state index in [0.717, 1.165) is 49.7 Å². The van der Waals surface area contributed by atoms with Crippen molar-refractivity contribution in [1.82, 2.24) is 15.5 Å². The highest BCUT2D eigenvalue weighted by Gasteiger charge is 2.20. The second-order valence-corrected chi connectivity index (χ2v) is 7.32. The fourth-order valence-electron chi connectivity index (χ4n) is 3.43. The fourth-order valence-corrected chi connectivity index (χ4v) is 3.43. The Bertz CT molecular complexity index is 645. The minimum Gasteiger partial charge on any atom is -0.496 e. The van der Waals surface area contributed by atoms with Crippen molar-refractivity contribution in [2.45, 2.75) is 39.5 Å². The Morgan fingerprint density at radius 1 is 1.33 bits per heavy atom. The number of guanidine groups is 1. The van der Waals surface area contributed by atoms with E-state index in [1.165, 1.54) is 12.0 Å². The molecule has 1 fully saturated rings. The van der Waals surface area contributed by atoms with E-state index in [9.17, 15) is 4.79 Å². The lowest BCUT2D eigenvalue weighted by molar-refractivity contribution is -0.132. The number of carbonyl (C=O) groups is 1. The molecule has 6 nitrogen and oxygen atoms in total. The molecule has 1 aliphatic rings. The summed E-state index contributed by atoms with van der Waals surface area (Å²) in [5.74, 6) is 2.50. The lowest BCUT2D eigenvalue weighted by Gasteiger charge is -2.31. The number of amides is 1. The van der Waals surface area contributed by atoms with E-state index in [0.29, 0.717) is 18.9 Å². The van der Waals surface area contributed by atoms with Gasteiger partial charge in [0.2, 0.25) is 5.91 Å². The highest BCUT2D eigenvalue weighted by atomic mass is 16.5. The number of hydrogen-bond acceptors (Lipinski definition) is 3. The molecule has 0 radical (unpaired) electrons. The van der Waals surface area contributed by atoms with Gasteiger partial charge in [-0.3, -0.25) is 9.79 Å². The standard InChI is InChI=1S/C21H34N4O2/c1-16-6-5-13-25(15-16)20(26)10-12-24-21(22-3)23-11-9-18-8-7-17(2)19(14-18)27-4/h7-8,14,16H,5-6,9-13,15H2,1-4H3,(H2,22,23,24). The van der Waals surface area contributed by atoms with Gasteiger partial charge in [0.15, 0.2) is 5.96 Å². The van der Waals surface area contributed by atoms with Gasteiger partial charge in [-0.15, -0.1) is 0 Å². The van der Waals surface area contributed by atoms with Gasteiger partial charge in [0.1, 0.15) is 5.75 Å². The van der Waals surface area contributed by atoms with Crippen molar-refractivity contribution in [3.8, 4) is 5.75 Å². The van der Waals surface area contributed by atoms with Gasteiger partial charge in [-0.05, 0) is 49.3 Å². The summed E-state index contributed by atoms with van der Waals surface area (Å²) in [5.41, 5.74) is 2.36. The van der Waals surface area contributed by atoms with Crippen molar-refractivity contribution in [3.05, 3.63) is 29.3 Å². The molecule has 1 amide bonds.